The summed E-state index contributed by atoms with van der Waals surface area (Å²) in [7, 11) is 0. The summed E-state index contributed by atoms with van der Waals surface area (Å²) in [5.74, 6) is 0. The van der Waals surface area contributed by atoms with Gasteiger partial charge in [0.05, 0.1) is 12.7 Å². The van der Waals surface area contributed by atoms with E-state index in [1.165, 1.54) is 32.2 Å². The van der Waals surface area contributed by atoms with Gasteiger partial charge in [0.2, 0.25) is 0 Å². The maximum absolute atomic E-state index is 9.47. The van der Waals surface area contributed by atoms with E-state index in [9.17, 15) is 5.11 Å². The zero-order valence-corrected chi connectivity index (χ0v) is 9.69. The second-order valence-electron chi connectivity index (χ2n) is 4.99. The molecule has 3 atom stereocenters. The van der Waals surface area contributed by atoms with Crippen molar-refractivity contribution in [2.75, 3.05) is 19.8 Å². The van der Waals surface area contributed by atoms with Crippen LogP contribution in [0.5, 0.6) is 0 Å². The summed E-state index contributed by atoms with van der Waals surface area (Å²) in [5, 5.41) is 9.47. The molecule has 3 heteroatoms. The monoisotopic (exact) mass is 213 g/mol. The predicted molar refractivity (Wildman–Crippen MR) is 59.9 cm³/mol. The van der Waals surface area contributed by atoms with Crippen molar-refractivity contribution >= 4 is 0 Å². The van der Waals surface area contributed by atoms with Gasteiger partial charge in [0, 0.05) is 18.7 Å². The van der Waals surface area contributed by atoms with Crippen molar-refractivity contribution in [3.05, 3.63) is 0 Å². The molecule has 2 aliphatic heterocycles. The molecule has 0 aromatic heterocycles. The van der Waals surface area contributed by atoms with Crippen LogP contribution in [-0.2, 0) is 4.74 Å². The topological polar surface area (TPSA) is 32.7 Å². The molecule has 2 aliphatic rings. The normalized spacial score (nSPS) is 35.6. The first-order valence-corrected chi connectivity index (χ1v) is 6.29. The Morgan fingerprint density at radius 3 is 2.93 bits per heavy atom. The summed E-state index contributed by atoms with van der Waals surface area (Å²) in [6.07, 6.45) is 5.77. The molecule has 0 aromatic rings. The van der Waals surface area contributed by atoms with Gasteiger partial charge in [0.15, 0.2) is 0 Å². The van der Waals surface area contributed by atoms with E-state index in [-0.39, 0.29) is 6.10 Å². The first-order chi connectivity index (χ1) is 7.27. The number of hydrogen-bond acceptors (Lipinski definition) is 3. The van der Waals surface area contributed by atoms with Crippen molar-refractivity contribution < 1.29 is 9.84 Å². The maximum Gasteiger partial charge on any atom is 0.0621 e. The van der Waals surface area contributed by atoms with Gasteiger partial charge in [-0.15, -0.1) is 0 Å². The SMILES string of the molecule is CC(O)CC1CCCN1C1CCCOC1. The number of aliphatic hydroxyl groups is 1. The van der Waals surface area contributed by atoms with Gasteiger partial charge in [0.25, 0.3) is 0 Å². The molecule has 2 fully saturated rings. The lowest BCUT2D eigenvalue weighted by Gasteiger charge is -2.35. The van der Waals surface area contributed by atoms with E-state index in [0.29, 0.717) is 12.1 Å². The van der Waals surface area contributed by atoms with Crippen LogP contribution in [0.15, 0.2) is 0 Å². The smallest absolute Gasteiger partial charge is 0.0621 e. The van der Waals surface area contributed by atoms with Crippen LogP contribution in [0, 0.1) is 0 Å². The van der Waals surface area contributed by atoms with Crippen LogP contribution in [0.2, 0.25) is 0 Å². The second-order valence-corrected chi connectivity index (χ2v) is 4.99. The Morgan fingerprint density at radius 1 is 1.40 bits per heavy atom. The van der Waals surface area contributed by atoms with E-state index in [1.807, 2.05) is 6.92 Å². The van der Waals surface area contributed by atoms with Crippen LogP contribution in [-0.4, -0.2) is 48.0 Å². The Labute approximate surface area is 92.4 Å². The highest BCUT2D eigenvalue weighted by Crippen LogP contribution is 2.27. The van der Waals surface area contributed by atoms with Gasteiger partial charge in [0.1, 0.15) is 0 Å². The predicted octanol–water partition coefficient (Wildman–Crippen LogP) is 1.40. The largest absolute Gasteiger partial charge is 0.393 e. The Kier molecular flexibility index (Phi) is 4.00. The Bertz CT molecular complexity index is 190. The van der Waals surface area contributed by atoms with Gasteiger partial charge in [-0.1, -0.05) is 0 Å². The van der Waals surface area contributed by atoms with Crippen molar-refractivity contribution in [2.45, 2.75) is 57.2 Å². The average molecular weight is 213 g/mol. The van der Waals surface area contributed by atoms with Crippen LogP contribution in [0.25, 0.3) is 0 Å². The number of rotatable bonds is 3. The molecular formula is C12H23NO2. The van der Waals surface area contributed by atoms with E-state index >= 15 is 0 Å². The van der Waals surface area contributed by atoms with Crippen LogP contribution in [0.1, 0.15) is 39.0 Å². The first kappa shape index (κ1) is 11.4. The fourth-order valence-corrected chi connectivity index (χ4v) is 2.97. The number of hydrogen-bond donors (Lipinski definition) is 1. The van der Waals surface area contributed by atoms with E-state index in [1.54, 1.807) is 0 Å². The summed E-state index contributed by atoms with van der Waals surface area (Å²) in [4.78, 5) is 2.58. The highest BCUT2D eigenvalue weighted by Gasteiger charge is 2.32. The van der Waals surface area contributed by atoms with E-state index in [2.05, 4.69) is 4.90 Å². The Morgan fingerprint density at radius 2 is 2.27 bits per heavy atom. The minimum atomic E-state index is -0.167. The lowest BCUT2D eigenvalue weighted by atomic mass is 10.0. The second kappa shape index (κ2) is 5.28. The highest BCUT2D eigenvalue weighted by atomic mass is 16.5. The van der Waals surface area contributed by atoms with Gasteiger partial charge in [-0.05, 0) is 45.6 Å². The van der Waals surface area contributed by atoms with Crippen molar-refractivity contribution in [1.29, 1.82) is 0 Å². The molecule has 2 rings (SSSR count). The average Bonchev–Trinajstić information content (AvgIpc) is 2.66. The third-order valence-corrected chi connectivity index (χ3v) is 3.64. The molecule has 15 heavy (non-hydrogen) atoms. The maximum atomic E-state index is 9.47. The molecule has 88 valence electrons. The summed E-state index contributed by atoms with van der Waals surface area (Å²) in [6.45, 7) is 4.93. The lowest BCUT2D eigenvalue weighted by Crippen LogP contribution is -2.44. The van der Waals surface area contributed by atoms with Gasteiger partial charge in [-0.25, -0.2) is 0 Å². The summed E-state index contributed by atoms with van der Waals surface area (Å²) in [5.41, 5.74) is 0. The number of aliphatic hydroxyl groups excluding tert-OH is 1. The molecule has 0 radical (unpaired) electrons. The summed E-state index contributed by atoms with van der Waals surface area (Å²) >= 11 is 0. The van der Waals surface area contributed by atoms with Gasteiger partial charge in [-0.3, -0.25) is 4.90 Å². The summed E-state index contributed by atoms with van der Waals surface area (Å²) < 4.78 is 5.54. The Balaban J connectivity index is 1.88. The van der Waals surface area contributed by atoms with Gasteiger partial charge >= 0.3 is 0 Å². The molecule has 0 aliphatic carbocycles. The molecule has 0 bridgehead atoms. The van der Waals surface area contributed by atoms with Crippen molar-refractivity contribution in [3.63, 3.8) is 0 Å². The molecule has 0 saturated carbocycles. The molecule has 0 amide bonds. The first-order valence-electron chi connectivity index (χ1n) is 6.29. The Hall–Kier alpha value is -0.120. The molecule has 0 aromatic carbocycles. The fourth-order valence-electron chi connectivity index (χ4n) is 2.97. The minimum absolute atomic E-state index is 0.167. The zero-order chi connectivity index (χ0) is 10.7. The number of nitrogens with zero attached hydrogens (tertiary/aromatic N) is 1. The van der Waals surface area contributed by atoms with Crippen molar-refractivity contribution in [2.24, 2.45) is 0 Å². The zero-order valence-electron chi connectivity index (χ0n) is 9.69. The third-order valence-electron chi connectivity index (χ3n) is 3.64. The number of ether oxygens (including phenoxy) is 1. The van der Waals surface area contributed by atoms with Crippen LogP contribution >= 0.6 is 0 Å². The standard InChI is InChI=1S/C12H23NO2/c1-10(14)8-11-4-2-6-13(11)12-5-3-7-15-9-12/h10-12,14H,2-9H2,1H3. The molecule has 3 unspecified atom stereocenters. The quantitative estimate of drug-likeness (QED) is 0.769. The lowest BCUT2D eigenvalue weighted by molar-refractivity contribution is 0.00529. The third kappa shape index (κ3) is 2.92. The minimum Gasteiger partial charge on any atom is -0.393 e. The highest BCUT2D eigenvalue weighted by molar-refractivity contribution is 4.86. The summed E-state index contributed by atoms with van der Waals surface area (Å²) in [6, 6.07) is 1.21. The van der Waals surface area contributed by atoms with Crippen molar-refractivity contribution in [1.82, 2.24) is 4.90 Å². The molecule has 0 spiro atoms. The fraction of sp³-hybridized carbons (Fsp3) is 1.00. The van der Waals surface area contributed by atoms with Crippen LogP contribution in [0.3, 0.4) is 0 Å². The van der Waals surface area contributed by atoms with Crippen LogP contribution < -0.4 is 0 Å². The molecule has 2 heterocycles. The molecule has 3 nitrogen and oxygen atoms in total. The van der Waals surface area contributed by atoms with E-state index in [0.717, 1.165) is 19.6 Å². The van der Waals surface area contributed by atoms with Crippen molar-refractivity contribution in [3.8, 4) is 0 Å². The van der Waals surface area contributed by atoms with E-state index < -0.39 is 0 Å². The van der Waals surface area contributed by atoms with Crippen LogP contribution in [0.4, 0.5) is 0 Å². The molecular weight excluding hydrogens is 190 g/mol. The molecule has 1 N–H and O–H groups in total. The number of likely N-dealkylation sites (tertiary alicyclic amines) is 1. The van der Waals surface area contributed by atoms with Gasteiger partial charge in [-0.2, -0.15) is 0 Å². The van der Waals surface area contributed by atoms with E-state index in [4.69, 9.17) is 4.74 Å². The van der Waals surface area contributed by atoms with Gasteiger partial charge < -0.3 is 9.84 Å². The molecule has 2 saturated heterocycles.